The van der Waals surface area contributed by atoms with E-state index in [2.05, 4.69) is 26.1 Å². The van der Waals surface area contributed by atoms with E-state index in [4.69, 9.17) is 21.8 Å². The quantitative estimate of drug-likeness (QED) is 0.613. The van der Waals surface area contributed by atoms with Crippen molar-refractivity contribution >= 4 is 17.5 Å². The molecule has 1 heterocycles. The van der Waals surface area contributed by atoms with Crippen LogP contribution >= 0.6 is 11.6 Å². The molecule has 0 saturated heterocycles. The number of halogens is 2. The standard InChI is InChI=1S/C23H25ClFN3O2/c1-23(2,3)21-12-19(28(27-21)18-6-4-5-17(24)11-18)13-26-22(30)10-15-7-8-16(14-29)20(25)9-15/h4-9,11-12,29H,10,13-14H2,1-3H3,(H,26,30). The van der Waals surface area contributed by atoms with Crippen LogP contribution in [-0.4, -0.2) is 20.8 Å². The van der Waals surface area contributed by atoms with Crippen LogP contribution in [0.3, 0.4) is 0 Å². The van der Waals surface area contributed by atoms with Gasteiger partial charge in [-0.15, -0.1) is 0 Å². The van der Waals surface area contributed by atoms with Gasteiger partial charge in [0.1, 0.15) is 5.82 Å². The molecule has 1 aromatic heterocycles. The average molecular weight is 430 g/mol. The van der Waals surface area contributed by atoms with E-state index in [0.29, 0.717) is 10.6 Å². The molecule has 5 nitrogen and oxygen atoms in total. The summed E-state index contributed by atoms with van der Waals surface area (Å²) in [5.74, 6) is -0.751. The normalized spacial score (nSPS) is 11.5. The summed E-state index contributed by atoms with van der Waals surface area (Å²) in [5.41, 5.74) is 3.11. The van der Waals surface area contributed by atoms with Gasteiger partial charge in [0.2, 0.25) is 5.91 Å². The van der Waals surface area contributed by atoms with Crippen molar-refractivity contribution in [2.24, 2.45) is 0 Å². The van der Waals surface area contributed by atoms with Crippen molar-refractivity contribution in [1.29, 1.82) is 0 Å². The first kappa shape index (κ1) is 22.0. The molecule has 0 unspecified atom stereocenters. The lowest BCUT2D eigenvalue weighted by atomic mass is 9.92. The molecule has 0 bridgehead atoms. The van der Waals surface area contributed by atoms with E-state index in [-0.39, 0.29) is 36.5 Å². The molecule has 0 saturated carbocycles. The van der Waals surface area contributed by atoms with Gasteiger partial charge in [-0.25, -0.2) is 9.07 Å². The van der Waals surface area contributed by atoms with Gasteiger partial charge in [0.05, 0.1) is 36.6 Å². The Morgan fingerprint density at radius 2 is 1.97 bits per heavy atom. The van der Waals surface area contributed by atoms with E-state index in [0.717, 1.165) is 17.1 Å². The second-order valence-corrected chi connectivity index (χ2v) is 8.64. The van der Waals surface area contributed by atoms with Gasteiger partial charge in [-0.3, -0.25) is 4.79 Å². The SMILES string of the molecule is CC(C)(C)c1cc(CNC(=O)Cc2ccc(CO)c(F)c2)n(-c2cccc(Cl)c2)n1. The Labute approximate surface area is 180 Å². The number of aliphatic hydroxyl groups is 1. The first-order valence-corrected chi connectivity index (χ1v) is 10.1. The second kappa shape index (κ2) is 8.98. The highest BCUT2D eigenvalue weighted by molar-refractivity contribution is 6.30. The minimum Gasteiger partial charge on any atom is -0.392 e. The average Bonchev–Trinajstić information content (AvgIpc) is 3.11. The zero-order chi connectivity index (χ0) is 21.9. The molecule has 2 aromatic carbocycles. The first-order chi connectivity index (χ1) is 14.2. The largest absolute Gasteiger partial charge is 0.392 e. The molecule has 0 fully saturated rings. The van der Waals surface area contributed by atoms with Crippen molar-refractivity contribution in [3.63, 3.8) is 0 Å². The molecular formula is C23H25ClFN3O2. The van der Waals surface area contributed by atoms with Crippen LogP contribution in [0.1, 0.15) is 43.3 Å². The van der Waals surface area contributed by atoms with Crippen LogP contribution in [0.4, 0.5) is 4.39 Å². The predicted molar refractivity (Wildman–Crippen MR) is 115 cm³/mol. The van der Waals surface area contributed by atoms with Gasteiger partial charge in [0, 0.05) is 16.0 Å². The van der Waals surface area contributed by atoms with Gasteiger partial charge >= 0.3 is 0 Å². The van der Waals surface area contributed by atoms with Crippen molar-refractivity contribution < 1.29 is 14.3 Å². The van der Waals surface area contributed by atoms with E-state index in [1.54, 1.807) is 16.8 Å². The van der Waals surface area contributed by atoms with E-state index in [1.807, 2.05) is 24.3 Å². The molecule has 0 spiro atoms. The van der Waals surface area contributed by atoms with Crippen LogP contribution in [0.2, 0.25) is 5.02 Å². The van der Waals surface area contributed by atoms with Gasteiger partial charge < -0.3 is 10.4 Å². The summed E-state index contributed by atoms with van der Waals surface area (Å²) in [4.78, 5) is 12.4. The Balaban J connectivity index is 1.77. The van der Waals surface area contributed by atoms with E-state index < -0.39 is 5.82 Å². The Morgan fingerprint density at radius 1 is 1.20 bits per heavy atom. The Hall–Kier alpha value is -2.70. The van der Waals surface area contributed by atoms with Crippen LogP contribution in [0, 0.1) is 5.82 Å². The second-order valence-electron chi connectivity index (χ2n) is 8.20. The molecule has 2 N–H and O–H groups in total. The van der Waals surface area contributed by atoms with Crippen LogP contribution in [0.25, 0.3) is 5.69 Å². The molecule has 30 heavy (non-hydrogen) atoms. The molecular weight excluding hydrogens is 405 g/mol. The summed E-state index contributed by atoms with van der Waals surface area (Å²) in [6.45, 7) is 6.12. The van der Waals surface area contributed by atoms with Crippen molar-refractivity contribution in [1.82, 2.24) is 15.1 Å². The molecule has 0 atom stereocenters. The lowest BCUT2D eigenvalue weighted by molar-refractivity contribution is -0.120. The van der Waals surface area contributed by atoms with Gasteiger partial charge in [-0.1, -0.05) is 50.6 Å². The first-order valence-electron chi connectivity index (χ1n) is 9.67. The third kappa shape index (κ3) is 5.26. The van der Waals surface area contributed by atoms with Crippen LogP contribution in [-0.2, 0) is 29.8 Å². The molecule has 0 aliphatic carbocycles. The molecule has 0 radical (unpaired) electrons. The zero-order valence-electron chi connectivity index (χ0n) is 17.2. The third-order valence-electron chi connectivity index (χ3n) is 4.72. The number of aliphatic hydroxyl groups excluding tert-OH is 1. The predicted octanol–water partition coefficient (Wildman–Crippen LogP) is 4.31. The molecule has 3 rings (SSSR count). The maximum absolute atomic E-state index is 13.8. The van der Waals surface area contributed by atoms with Crippen LogP contribution < -0.4 is 5.32 Å². The van der Waals surface area contributed by atoms with Gasteiger partial charge in [0.25, 0.3) is 0 Å². The number of nitrogens with zero attached hydrogens (tertiary/aromatic N) is 2. The van der Waals surface area contributed by atoms with Gasteiger partial charge in [-0.2, -0.15) is 5.10 Å². The van der Waals surface area contributed by atoms with E-state index >= 15 is 0 Å². The minimum absolute atomic E-state index is 0.0417. The number of carbonyl (C=O) groups is 1. The van der Waals surface area contributed by atoms with Crippen molar-refractivity contribution in [3.05, 3.63) is 81.9 Å². The number of hydrogen-bond acceptors (Lipinski definition) is 3. The number of rotatable bonds is 6. The molecule has 0 aliphatic heterocycles. The number of carbonyl (C=O) groups excluding carboxylic acids is 1. The number of aromatic nitrogens is 2. The van der Waals surface area contributed by atoms with Crippen molar-refractivity contribution in [2.75, 3.05) is 0 Å². The Kier molecular flexibility index (Phi) is 6.58. The highest BCUT2D eigenvalue weighted by Gasteiger charge is 2.21. The Morgan fingerprint density at radius 3 is 2.60 bits per heavy atom. The fraction of sp³-hybridized carbons (Fsp3) is 0.304. The van der Waals surface area contributed by atoms with Gasteiger partial charge in [-0.05, 0) is 35.9 Å². The zero-order valence-corrected chi connectivity index (χ0v) is 18.0. The number of nitrogens with one attached hydrogen (secondary N) is 1. The maximum Gasteiger partial charge on any atom is 0.224 e. The van der Waals surface area contributed by atoms with Gasteiger partial charge in [0.15, 0.2) is 0 Å². The summed E-state index contributed by atoms with van der Waals surface area (Å²) in [7, 11) is 0. The molecule has 0 aliphatic rings. The molecule has 3 aromatic rings. The fourth-order valence-corrected chi connectivity index (χ4v) is 3.19. The highest BCUT2D eigenvalue weighted by Crippen LogP contribution is 2.24. The van der Waals surface area contributed by atoms with Crippen molar-refractivity contribution in [3.8, 4) is 5.69 Å². The number of hydrogen-bond donors (Lipinski definition) is 2. The topological polar surface area (TPSA) is 67.2 Å². The van der Waals surface area contributed by atoms with Crippen LogP contribution in [0.15, 0.2) is 48.5 Å². The monoisotopic (exact) mass is 429 g/mol. The summed E-state index contributed by atoms with van der Waals surface area (Å²) in [5, 5.41) is 17.3. The summed E-state index contributed by atoms with van der Waals surface area (Å²) >= 11 is 6.14. The van der Waals surface area contributed by atoms with E-state index in [9.17, 15) is 9.18 Å². The highest BCUT2D eigenvalue weighted by atomic mass is 35.5. The minimum atomic E-state index is -0.517. The number of amides is 1. The molecule has 158 valence electrons. The van der Waals surface area contributed by atoms with Crippen molar-refractivity contribution in [2.45, 2.75) is 45.8 Å². The summed E-state index contributed by atoms with van der Waals surface area (Å²) in [6, 6.07) is 13.7. The summed E-state index contributed by atoms with van der Waals surface area (Å²) in [6.07, 6.45) is 0.0417. The fourth-order valence-electron chi connectivity index (χ4n) is 3.01. The smallest absolute Gasteiger partial charge is 0.224 e. The third-order valence-corrected chi connectivity index (χ3v) is 4.96. The van der Waals surface area contributed by atoms with E-state index in [1.165, 1.54) is 12.1 Å². The number of benzene rings is 2. The summed E-state index contributed by atoms with van der Waals surface area (Å²) < 4.78 is 15.6. The Bertz CT molecular complexity index is 1060. The molecule has 7 heteroatoms. The lowest BCUT2D eigenvalue weighted by Crippen LogP contribution is -2.25. The maximum atomic E-state index is 13.8. The molecule has 1 amide bonds. The lowest BCUT2D eigenvalue weighted by Gasteiger charge is -2.14. The van der Waals surface area contributed by atoms with Crippen LogP contribution in [0.5, 0.6) is 0 Å².